The molecule has 3 amide bonds. The molecule has 1 heterocycles. The van der Waals surface area contributed by atoms with Crippen LogP contribution in [-0.2, 0) is 17.5 Å². The molecule has 0 atom stereocenters. The number of rotatable bonds is 4. The minimum Gasteiger partial charge on any atom is -0.355 e. The minimum absolute atomic E-state index is 0.164. The zero-order valence-corrected chi connectivity index (χ0v) is 15.0. The molecule has 0 aliphatic carbocycles. The number of amides is 3. The van der Waals surface area contributed by atoms with Gasteiger partial charge >= 0.3 is 12.2 Å². The molecule has 0 unspecified atom stereocenters. The second-order valence-corrected chi connectivity index (χ2v) is 6.91. The van der Waals surface area contributed by atoms with Crippen molar-refractivity contribution >= 4 is 23.3 Å². The molecule has 28 heavy (non-hydrogen) atoms. The molecular formula is C19H17F4N3O2. The summed E-state index contributed by atoms with van der Waals surface area (Å²) in [5.74, 6) is -0.982. The number of hydrogen-bond donors (Lipinski definition) is 2. The van der Waals surface area contributed by atoms with Gasteiger partial charge in [0.1, 0.15) is 11.4 Å². The molecule has 0 radical (unpaired) electrons. The summed E-state index contributed by atoms with van der Waals surface area (Å²) in [6.07, 6.45) is -4.57. The third-order valence-corrected chi connectivity index (χ3v) is 4.58. The predicted octanol–water partition coefficient (Wildman–Crippen LogP) is 4.42. The number of benzene rings is 2. The first-order valence-electron chi connectivity index (χ1n) is 8.34. The van der Waals surface area contributed by atoms with Crippen molar-refractivity contribution in [3.63, 3.8) is 0 Å². The summed E-state index contributed by atoms with van der Waals surface area (Å²) < 4.78 is 52.6. The van der Waals surface area contributed by atoms with Gasteiger partial charge in [-0.05, 0) is 61.9 Å². The Morgan fingerprint density at radius 1 is 1.07 bits per heavy atom. The lowest BCUT2D eigenvalue weighted by Crippen LogP contribution is -2.43. The third-order valence-electron chi connectivity index (χ3n) is 4.58. The van der Waals surface area contributed by atoms with Crippen molar-refractivity contribution < 1.29 is 27.2 Å². The minimum atomic E-state index is -4.57. The molecule has 0 spiro atoms. The lowest BCUT2D eigenvalue weighted by molar-refractivity contribution is -0.137. The Morgan fingerprint density at radius 2 is 1.71 bits per heavy atom. The van der Waals surface area contributed by atoms with E-state index in [-0.39, 0.29) is 12.1 Å². The standard InChI is InChI=1S/C19H17F4N3O2/c1-18(2)16(27)25-17(28)26(18)10-11-9-12(19(21,22)23)3-8-15(11)24-14-6-4-13(20)5-7-14/h3-9,24H,10H2,1-2H3,(H,25,27,28). The molecule has 2 aromatic rings. The summed E-state index contributed by atoms with van der Waals surface area (Å²) in [6, 6.07) is 7.70. The molecule has 0 aromatic heterocycles. The van der Waals surface area contributed by atoms with Crippen LogP contribution in [0, 0.1) is 5.82 Å². The first-order valence-corrected chi connectivity index (χ1v) is 8.34. The Kier molecular flexibility index (Phi) is 4.78. The zero-order chi connectivity index (χ0) is 20.7. The van der Waals surface area contributed by atoms with Crippen LogP contribution in [0.1, 0.15) is 25.0 Å². The highest BCUT2D eigenvalue weighted by atomic mass is 19.4. The zero-order valence-electron chi connectivity index (χ0n) is 15.0. The molecule has 5 nitrogen and oxygen atoms in total. The fourth-order valence-corrected chi connectivity index (χ4v) is 2.85. The van der Waals surface area contributed by atoms with Gasteiger partial charge in [-0.2, -0.15) is 13.2 Å². The van der Waals surface area contributed by atoms with Crippen molar-refractivity contribution in [2.45, 2.75) is 32.1 Å². The number of alkyl halides is 3. The van der Waals surface area contributed by atoms with E-state index >= 15 is 0 Å². The van der Waals surface area contributed by atoms with E-state index in [1.54, 1.807) is 0 Å². The fraction of sp³-hybridized carbons (Fsp3) is 0.263. The van der Waals surface area contributed by atoms with E-state index in [2.05, 4.69) is 10.6 Å². The molecule has 1 fully saturated rings. The number of carbonyl (C=O) groups is 2. The quantitative estimate of drug-likeness (QED) is 0.595. The van der Waals surface area contributed by atoms with E-state index in [4.69, 9.17) is 0 Å². The van der Waals surface area contributed by atoms with Crippen molar-refractivity contribution in [1.29, 1.82) is 0 Å². The van der Waals surface area contributed by atoms with Crippen LogP contribution in [0.2, 0.25) is 0 Å². The molecule has 1 saturated heterocycles. The van der Waals surface area contributed by atoms with Crippen LogP contribution in [0.4, 0.5) is 33.7 Å². The Labute approximate surface area is 158 Å². The second kappa shape index (κ2) is 6.81. The Hall–Kier alpha value is -3.10. The number of imide groups is 1. The normalized spacial score (nSPS) is 16.3. The van der Waals surface area contributed by atoms with Gasteiger partial charge in [-0.25, -0.2) is 9.18 Å². The maximum Gasteiger partial charge on any atom is 0.416 e. The molecule has 2 aromatic carbocycles. The summed E-state index contributed by atoms with van der Waals surface area (Å²) in [5, 5.41) is 5.09. The van der Waals surface area contributed by atoms with E-state index in [0.29, 0.717) is 11.4 Å². The number of carbonyl (C=O) groups excluding carboxylic acids is 2. The summed E-state index contributed by atoms with van der Waals surface area (Å²) in [6.45, 7) is 2.79. The van der Waals surface area contributed by atoms with Crippen LogP contribution >= 0.6 is 0 Å². The SMILES string of the molecule is CC1(C)C(=O)NC(=O)N1Cc1cc(C(F)(F)F)ccc1Nc1ccc(F)cc1. The second-order valence-electron chi connectivity index (χ2n) is 6.91. The number of nitrogens with zero attached hydrogens (tertiary/aromatic N) is 1. The Bertz CT molecular complexity index is 924. The highest BCUT2D eigenvalue weighted by Crippen LogP contribution is 2.34. The van der Waals surface area contributed by atoms with Gasteiger partial charge in [-0.1, -0.05) is 0 Å². The van der Waals surface area contributed by atoms with Crippen LogP contribution in [0.5, 0.6) is 0 Å². The van der Waals surface area contributed by atoms with Crippen molar-refractivity contribution in [2.75, 3.05) is 5.32 Å². The molecule has 0 saturated carbocycles. The van der Waals surface area contributed by atoms with E-state index in [0.717, 1.165) is 12.1 Å². The summed E-state index contributed by atoms with van der Waals surface area (Å²) in [5.41, 5.74) is -1.16. The molecule has 1 aliphatic rings. The van der Waals surface area contributed by atoms with Crippen LogP contribution in [0.3, 0.4) is 0 Å². The van der Waals surface area contributed by atoms with Gasteiger partial charge in [0.15, 0.2) is 0 Å². The summed E-state index contributed by atoms with van der Waals surface area (Å²) in [7, 11) is 0. The van der Waals surface area contributed by atoms with Gasteiger partial charge in [0.05, 0.1) is 12.1 Å². The Morgan fingerprint density at radius 3 is 2.25 bits per heavy atom. The van der Waals surface area contributed by atoms with Crippen LogP contribution in [0.25, 0.3) is 0 Å². The highest BCUT2D eigenvalue weighted by molar-refractivity contribution is 6.06. The van der Waals surface area contributed by atoms with E-state index in [1.165, 1.54) is 49.1 Å². The van der Waals surface area contributed by atoms with Gasteiger partial charge < -0.3 is 10.2 Å². The number of halogens is 4. The van der Waals surface area contributed by atoms with Crippen LogP contribution in [0.15, 0.2) is 42.5 Å². The smallest absolute Gasteiger partial charge is 0.355 e. The van der Waals surface area contributed by atoms with E-state index in [9.17, 15) is 27.2 Å². The number of anilines is 2. The molecule has 148 valence electrons. The average Bonchev–Trinajstić information content (AvgIpc) is 2.79. The number of hydrogen-bond acceptors (Lipinski definition) is 3. The first-order chi connectivity index (χ1) is 13.0. The van der Waals surface area contributed by atoms with Gasteiger partial charge in [-0.15, -0.1) is 0 Å². The maximum absolute atomic E-state index is 13.2. The lowest BCUT2D eigenvalue weighted by atomic mass is 10.0. The fourth-order valence-electron chi connectivity index (χ4n) is 2.85. The molecule has 1 aliphatic heterocycles. The maximum atomic E-state index is 13.2. The van der Waals surface area contributed by atoms with Gasteiger partial charge in [0.2, 0.25) is 0 Å². The topological polar surface area (TPSA) is 61.4 Å². The highest BCUT2D eigenvalue weighted by Gasteiger charge is 2.45. The van der Waals surface area contributed by atoms with E-state index in [1.807, 2.05) is 0 Å². The first kappa shape index (κ1) is 19.7. The molecular weight excluding hydrogens is 378 g/mol. The van der Waals surface area contributed by atoms with Crippen molar-refractivity contribution in [3.05, 3.63) is 59.4 Å². The lowest BCUT2D eigenvalue weighted by Gasteiger charge is -2.29. The third kappa shape index (κ3) is 3.78. The number of urea groups is 1. The summed E-state index contributed by atoms with van der Waals surface area (Å²) >= 11 is 0. The molecule has 3 rings (SSSR count). The molecule has 2 N–H and O–H groups in total. The summed E-state index contributed by atoms with van der Waals surface area (Å²) in [4.78, 5) is 25.2. The molecule has 9 heteroatoms. The monoisotopic (exact) mass is 395 g/mol. The molecule has 0 bridgehead atoms. The van der Waals surface area contributed by atoms with Gasteiger partial charge in [0.25, 0.3) is 5.91 Å². The van der Waals surface area contributed by atoms with Gasteiger partial charge in [0, 0.05) is 11.4 Å². The van der Waals surface area contributed by atoms with Gasteiger partial charge in [-0.3, -0.25) is 10.1 Å². The van der Waals surface area contributed by atoms with Crippen molar-refractivity contribution in [3.8, 4) is 0 Å². The largest absolute Gasteiger partial charge is 0.416 e. The van der Waals surface area contributed by atoms with E-state index < -0.39 is 35.0 Å². The number of nitrogens with one attached hydrogen (secondary N) is 2. The van der Waals surface area contributed by atoms with Crippen molar-refractivity contribution in [1.82, 2.24) is 10.2 Å². The van der Waals surface area contributed by atoms with Crippen LogP contribution in [-0.4, -0.2) is 22.4 Å². The average molecular weight is 395 g/mol. The van der Waals surface area contributed by atoms with Crippen LogP contribution < -0.4 is 10.6 Å². The van der Waals surface area contributed by atoms with Crippen molar-refractivity contribution in [2.24, 2.45) is 0 Å². The Balaban J connectivity index is 1.99. The predicted molar refractivity (Wildman–Crippen MR) is 94.3 cm³/mol.